The highest BCUT2D eigenvalue weighted by Gasteiger charge is 2.35. The Labute approximate surface area is 267 Å². The average molecular weight is 636 g/mol. The number of fused-ring (bicyclic) bond motifs is 4. The molecule has 2 amide bonds. The lowest BCUT2D eigenvalue weighted by atomic mass is 9.83. The van der Waals surface area contributed by atoms with Crippen molar-refractivity contribution in [2.45, 2.75) is 25.3 Å². The van der Waals surface area contributed by atoms with Crippen LogP contribution in [0.15, 0.2) is 53.3 Å². The zero-order valence-electron chi connectivity index (χ0n) is 25.5. The minimum atomic E-state index is -0.381. The summed E-state index contributed by atoms with van der Waals surface area (Å²) in [6.07, 6.45) is 1.33. The van der Waals surface area contributed by atoms with E-state index in [4.69, 9.17) is 25.8 Å². The number of pyridine rings is 1. The second-order valence-corrected chi connectivity index (χ2v) is 12.1. The second kappa shape index (κ2) is 13.5. The van der Waals surface area contributed by atoms with Gasteiger partial charge in [0.15, 0.2) is 0 Å². The Bertz CT molecular complexity index is 1640. The molecule has 1 aromatic heterocycles. The van der Waals surface area contributed by atoms with Crippen LogP contribution in [0.4, 0.5) is 17.1 Å². The first-order chi connectivity index (χ1) is 21.8. The number of methoxy groups -OCH3 is 2. The number of anilines is 3. The van der Waals surface area contributed by atoms with Crippen molar-refractivity contribution < 1.29 is 23.8 Å². The Hall–Kier alpha value is -4.06. The highest BCUT2D eigenvalue weighted by atomic mass is 35.5. The fourth-order valence-corrected chi connectivity index (χ4v) is 6.84. The number of aromatic nitrogens is 1. The smallest absolute Gasteiger partial charge is 0.255 e. The third-order valence-corrected chi connectivity index (χ3v) is 9.13. The van der Waals surface area contributed by atoms with E-state index in [1.807, 2.05) is 22.8 Å². The average Bonchev–Trinajstić information content (AvgIpc) is 3.05. The van der Waals surface area contributed by atoms with Crippen molar-refractivity contribution in [1.29, 1.82) is 0 Å². The van der Waals surface area contributed by atoms with Crippen LogP contribution in [0.3, 0.4) is 0 Å². The number of carbonyl (C=O) groups excluding carboxylic acids is 2. The quantitative estimate of drug-likeness (QED) is 0.362. The lowest BCUT2D eigenvalue weighted by Crippen LogP contribution is -2.47. The molecule has 2 atom stereocenters. The molecule has 238 valence electrons. The highest BCUT2D eigenvalue weighted by molar-refractivity contribution is 6.32. The summed E-state index contributed by atoms with van der Waals surface area (Å²) in [6, 6.07) is 14.0. The van der Waals surface area contributed by atoms with Crippen molar-refractivity contribution in [2.24, 2.45) is 5.92 Å². The zero-order chi connectivity index (χ0) is 31.5. The van der Waals surface area contributed by atoms with E-state index in [0.717, 1.165) is 37.4 Å². The van der Waals surface area contributed by atoms with Gasteiger partial charge in [-0.05, 0) is 42.7 Å². The largest absolute Gasteiger partial charge is 0.495 e. The van der Waals surface area contributed by atoms with E-state index in [1.165, 1.54) is 14.2 Å². The van der Waals surface area contributed by atoms with Gasteiger partial charge in [0, 0.05) is 75.0 Å². The van der Waals surface area contributed by atoms with Crippen LogP contribution in [0, 0.1) is 5.92 Å². The number of carbonyl (C=O) groups is 2. The molecular weight excluding hydrogens is 598 g/mol. The monoisotopic (exact) mass is 635 g/mol. The first-order valence-electron chi connectivity index (χ1n) is 15.2. The molecule has 0 aliphatic carbocycles. The van der Waals surface area contributed by atoms with Crippen molar-refractivity contribution in [2.75, 3.05) is 75.7 Å². The molecule has 0 radical (unpaired) electrons. The number of benzene rings is 2. The molecule has 0 saturated carbocycles. The first kappa shape index (κ1) is 30.9. The van der Waals surface area contributed by atoms with E-state index in [0.29, 0.717) is 72.7 Å². The minimum absolute atomic E-state index is 0.0361. The predicted octanol–water partition coefficient (Wildman–Crippen LogP) is 4.06. The zero-order valence-corrected chi connectivity index (χ0v) is 26.3. The van der Waals surface area contributed by atoms with Crippen LogP contribution in [0.25, 0.3) is 0 Å². The summed E-state index contributed by atoms with van der Waals surface area (Å²) >= 11 is 6.33. The lowest BCUT2D eigenvalue weighted by Gasteiger charge is -2.44. The number of halogens is 1. The molecule has 11 nitrogen and oxygen atoms in total. The molecule has 2 aromatic carbocycles. The summed E-state index contributed by atoms with van der Waals surface area (Å²) in [7, 11) is 3.01. The van der Waals surface area contributed by atoms with Crippen molar-refractivity contribution in [3.63, 3.8) is 0 Å². The summed E-state index contributed by atoms with van der Waals surface area (Å²) < 4.78 is 18.1. The summed E-state index contributed by atoms with van der Waals surface area (Å²) in [5.41, 5.74) is 3.26. The van der Waals surface area contributed by atoms with Crippen LogP contribution in [0.1, 0.15) is 34.8 Å². The summed E-state index contributed by atoms with van der Waals surface area (Å²) in [4.78, 5) is 43.8. The molecule has 2 unspecified atom stereocenters. The van der Waals surface area contributed by atoms with Gasteiger partial charge < -0.3 is 34.3 Å². The van der Waals surface area contributed by atoms with Gasteiger partial charge in [0.2, 0.25) is 5.91 Å². The van der Waals surface area contributed by atoms with Crippen LogP contribution in [-0.4, -0.2) is 81.4 Å². The third-order valence-electron chi connectivity index (χ3n) is 8.83. The molecule has 4 heterocycles. The SMILES string of the molecule is COc1cc(OC)c(NC(=O)c2ccc(N3CC4CC(C3)c3cccc(=O)n3C4)c(NC(=O)CCN3CCOCC3)c2)cc1Cl. The maximum absolute atomic E-state index is 13.5. The number of morpholine rings is 1. The molecule has 2 fully saturated rings. The molecule has 2 bridgehead atoms. The summed E-state index contributed by atoms with van der Waals surface area (Å²) in [5, 5.41) is 6.33. The van der Waals surface area contributed by atoms with Gasteiger partial charge >= 0.3 is 0 Å². The Morgan fingerprint density at radius 2 is 1.76 bits per heavy atom. The van der Waals surface area contributed by atoms with Gasteiger partial charge in [-0.1, -0.05) is 17.7 Å². The standard InChI is InChI=1S/C33H38ClN5O6/c1-43-29-17-30(44-2)26(16-24(29)34)36-33(42)22-6-7-28(25(15-22)35-31(40)8-9-37-10-12-45-13-11-37)38-18-21-14-23(20-38)27-4-3-5-32(41)39(27)19-21/h3-7,15-17,21,23H,8-14,18-20H2,1-2H3,(H,35,40)(H,36,42). The molecular formula is C33H38ClN5O6. The van der Waals surface area contributed by atoms with Gasteiger partial charge in [-0.3, -0.25) is 19.3 Å². The number of hydrogen-bond acceptors (Lipinski definition) is 8. The first-order valence-corrected chi connectivity index (χ1v) is 15.6. The maximum Gasteiger partial charge on any atom is 0.255 e. The van der Waals surface area contributed by atoms with E-state index in [2.05, 4.69) is 20.4 Å². The number of ether oxygens (including phenoxy) is 3. The topological polar surface area (TPSA) is 114 Å². The molecule has 45 heavy (non-hydrogen) atoms. The van der Waals surface area contributed by atoms with Gasteiger partial charge in [-0.25, -0.2) is 0 Å². The molecule has 3 aliphatic heterocycles. The molecule has 6 rings (SSSR count). The van der Waals surface area contributed by atoms with E-state index in [-0.39, 0.29) is 29.2 Å². The molecule has 3 aliphatic rings. The number of rotatable bonds is 9. The summed E-state index contributed by atoms with van der Waals surface area (Å²) in [6.45, 7) is 5.66. The van der Waals surface area contributed by atoms with Crippen LogP contribution in [-0.2, 0) is 16.1 Å². The van der Waals surface area contributed by atoms with Crippen molar-refractivity contribution in [1.82, 2.24) is 9.47 Å². The van der Waals surface area contributed by atoms with Gasteiger partial charge in [0.25, 0.3) is 11.5 Å². The third kappa shape index (κ3) is 6.80. The van der Waals surface area contributed by atoms with E-state index >= 15 is 0 Å². The molecule has 2 saturated heterocycles. The van der Waals surface area contributed by atoms with E-state index < -0.39 is 0 Å². The molecule has 3 aromatic rings. The maximum atomic E-state index is 13.5. The van der Waals surface area contributed by atoms with E-state index in [9.17, 15) is 14.4 Å². The highest BCUT2D eigenvalue weighted by Crippen LogP contribution is 2.40. The fraction of sp³-hybridized carbons (Fsp3) is 0.424. The van der Waals surface area contributed by atoms with Gasteiger partial charge in [0.1, 0.15) is 11.5 Å². The van der Waals surface area contributed by atoms with Crippen LogP contribution < -0.4 is 30.6 Å². The fourth-order valence-electron chi connectivity index (χ4n) is 6.60. The number of nitrogens with zero attached hydrogens (tertiary/aromatic N) is 3. The van der Waals surface area contributed by atoms with Crippen molar-refractivity contribution >= 4 is 40.5 Å². The van der Waals surface area contributed by atoms with Gasteiger partial charge in [-0.2, -0.15) is 0 Å². The van der Waals surface area contributed by atoms with Crippen LogP contribution >= 0.6 is 11.6 Å². The van der Waals surface area contributed by atoms with Crippen LogP contribution in [0.5, 0.6) is 11.5 Å². The summed E-state index contributed by atoms with van der Waals surface area (Å²) in [5.74, 6) is 0.795. The van der Waals surface area contributed by atoms with E-state index in [1.54, 1.807) is 30.3 Å². The number of nitrogens with one attached hydrogen (secondary N) is 2. The van der Waals surface area contributed by atoms with Crippen molar-refractivity contribution in [3.8, 4) is 11.5 Å². The lowest BCUT2D eigenvalue weighted by molar-refractivity contribution is -0.116. The Morgan fingerprint density at radius 1 is 0.956 bits per heavy atom. The second-order valence-electron chi connectivity index (χ2n) is 11.7. The predicted molar refractivity (Wildman–Crippen MR) is 173 cm³/mol. The number of piperidine rings is 1. The van der Waals surface area contributed by atoms with Gasteiger partial charge in [-0.15, -0.1) is 0 Å². The molecule has 2 N–H and O–H groups in total. The van der Waals surface area contributed by atoms with Gasteiger partial charge in [0.05, 0.1) is 49.5 Å². The minimum Gasteiger partial charge on any atom is -0.495 e. The van der Waals surface area contributed by atoms with Crippen molar-refractivity contribution in [3.05, 3.63) is 75.2 Å². The number of amides is 2. The Kier molecular flexibility index (Phi) is 9.29. The normalized spacial score (nSPS) is 19.4. The number of hydrogen-bond donors (Lipinski definition) is 2. The molecule has 12 heteroatoms. The van der Waals surface area contributed by atoms with Crippen LogP contribution in [0.2, 0.25) is 5.02 Å². The molecule has 0 spiro atoms. The Morgan fingerprint density at radius 3 is 2.53 bits per heavy atom. The Balaban J connectivity index is 1.26.